The van der Waals surface area contributed by atoms with Crippen molar-refractivity contribution in [1.29, 1.82) is 0 Å². The van der Waals surface area contributed by atoms with Crippen molar-refractivity contribution in [2.75, 3.05) is 6.61 Å². The molecule has 0 aliphatic carbocycles. The van der Waals surface area contributed by atoms with Crippen molar-refractivity contribution in [3.05, 3.63) is 0 Å². The molecule has 0 rings (SSSR count). The number of hydrogen-bond donors (Lipinski definition) is 3. The summed E-state index contributed by atoms with van der Waals surface area (Å²) in [5, 5.41) is 25.9. The van der Waals surface area contributed by atoms with E-state index in [1.165, 1.54) is 0 Å². The second-order valence-corrected chi connectivity index (χ2v) is 2.13. The van der Waals surface area contributed by atoms with Gasteiger partial charge in [0.2, 0.25) is 0 Å². The van der Waals surface area contributed by atoms with Crippen LogP contribution in [0.1, 0.15) is 12.8 Å². The summed E-state index contributed by atoms with van der Waals surface area (Å²) in [6, 6.07) is 0. The summed E-state index contributed by atoms with van der Waals surface area (Å²) >= 11 is 0. The Morgan fingerprint density at radius 2 is 1.90 bits per heavy atom. The van der Waals surface area contributed by atoms with Gasteiger partial charge in [-0.05, 0) is 0 Å². The number of carbonyl (C=O) groups excluding carboxylic acids is 1. The molecule has 4 heteroatoms. The van der Waals surface area contributed by atoms with E-state index in [0.29, 0.717) is 6.29 Å². The van der Waals surface area contributed by atoms with Gasteiger partial charge in [0.25, 0.3) is 0 Å². The summed E-state index contributed by atoms with van der Waals surface area (Å²) in [5.74, 6) is 0. The molecule has 0 heterocycles. The van der Waals surface area contributed by atoms with Crippen LogP contribution in [0.3, 0.4) is 0 Å². The maximum atomic E-state index is 9.78. The molecule has 4 nitrogen and oxygen atoms in total. The monoisotopic (exact) mass is 148 g/mol. The average molecular weight is 148 g/mol. The third-order valence-corrected chi connectivity index (χ3v) is 1.12. The predicted molar refractivity (Wildman–Crippen MR) is 34.4 cm³/mol. The molecule has 0 bridgehead atoms. The van der Waals surface area contributed by atoms with E-state index in [2.05, 4.69) is 0 Å². The van der Waals surface area contributed by atoms with Gasteiger partial charge in [-0.3, -0.25) is 0 Å². The fraction of sp³-hybridized carbons (Fsp3) is 0.833. The van der Waals surface area contributed by atoms with Crippen LogP contribution in [0.15, 0.2) is 0 Å². The lowest BCUT2D eigenvalue weighted by molar-refractivity contribution is -0.109. The van der Waals surface area contributed by atoms with E-state index in [1.54, 1.807) is 0 Å². The van der Waals surface area contributed by atoms with Crippen LogP contribution in [-0.4, -0.2) is 40.4 Å². The van der Waals surface area contributed by atoms with Crippen molar-refractivity contribution >= 4 is 6.29 Å². The molecule has 0 radical (unpaired) electrons. The molecule has 0 spiro atoms. The Kier molecular flexibility index (Phi) is 5.10. The van der Waals surface area contributed by atoms with Crippen LogP contribution in [0.4, 0.5) is 0 Å². The molecule has 0 aromatic heterocycles. The highest BCUT2D eigenvalue weighted by molar-refractivity contribution is 5.49. The van der Waals surface area contributed by atoms with E-state index < -0.39 is 12.2 Å². The van der Waals surface area contributed by atoms with Crippen molar-refractivity contribution in [1.82, 2.24) is 0 Å². The van der Waals surface area contributed by atoms with Crippen LogP contribution in [0.2, 0.25) is 0 Å². The normalized spacial score (nSPS) is 16.3. The van der Waals surface area contributed by atoms with Gasteiger partial charge in [0.1, 0.15) is 6.29 Å². The standard InChI is InChI=1S/C6H12O4/c7-2-1-5(9)3-6(10)4-8/h2,5-6,8-10H,1,3-4H2. The van der Waals surface area contributed by atoms with E-state index in [1.807, 2.05) is 0 Å². The minimum absolute atomic E-state index is 0.0110. The van der Waals surface area contributed by atoms with E-state index in [9.17, 15) is 4.79 Å². The minimum atomic E-state index is -0.921. The predicted octanol–water partition coefficient (Wildman–Crippen LogP) is -1.32. The smallest absolute Gasteiger partial charge is 0.122 e. The maximum Gasteiger partial charge on any atom is 0.122 e. The summed E-state index contributed by atoms with van der Waals surface area (Å²) in [7, 11) is 0. The molecule has 0 amide bonds. The summed E-state index contributed by atoms with van der Waals surface area (Å²) in [6.07, 6.45) is -1.12. The Morgan fingerprint density at radius 3 is 2.30 bits per heavy atom. The average Bonchev–Trinajstić information content (AvgIpc) is 1.88. The van der Waals surface area contributed by atoms with Crippen LogP contribution in [0.5, 0.6) is 0 Å². The SMILES string of the molecule is O=CCC(O)CC(O)CO. The largest absolute Gasteiger partial charge is 0.394 e. The first-order valence-corrected chi connectivity index (χ1v) is 3.11. The van der Waals surface area contributed by atoms with E-state index in [0.717, 1.165) is 0 Å². The minimum Gasteiger partial charge on any atom is -0.394 e. The first kappa shape index (κ1) is 9.55. The van der Waals surface area contributed by atoms with Crippen LogP contribution >= 0.6 is 0 Å². The van der Waals surface area contributed by atoms with E-state index in [4.69, 9.17) is 15.3 Å². The van der Waals surface area contributed by atoms with Crippen LogP contribution in [-0.2, 0) is 4.79 Å². The van der Waals surface area contributed by atoms with Crippen molar-refractivity contribution in [3.63, 3.8) is 0 Å². The van der Waals surface area contributed by atoms with Gasteiger partial charge >= 0.3 is 0 Å². The first-order valence-electron chi connectivity index (χ1n) is 3.11. The number of hydrogen-bond acceptors (Lipinski definition) is 4. The fourth-order valence-electron chi connectivity index (χ4n) is 0.596. The number of carbonyl (C=O) groups is 1. The van der Waals surface area contributed by atoms with Crippen molar-refractivity contribution in [3.8, 4) is 0 Å². The number of aliphatic hydroxyl groups is 3. The van der Waals surface area contributed by atoms with Gasteiger partial charge in [0.05, 0.1) is 18.8 Å². The molecule has 3 N–H and O–H groups in total. The first-order chi connectivity index (χ1) is 4.70. The van der Waals surface area contributed by atoms with Crippen LogP contribution in [0, 0.1) is 0 Å². The summed E-state index contributed by atoms with van der Waals surface area (Å²) in [4.78, 5) is 9.78. The Morgan fingerprint density at radius 1 is 1.30 bits per heavy atom. The lowest BCUT2D eigenvalue weighted by Crippen LogP contribution is -2.20. The molecule has 0 saturated carbocycles. The van der Waals surface area contributed by atoms with Crippen LogP contribution < -0.4 is 0 Å². The lowest BCUT2D eigenvalue weighted by atomic mass is 10.1. The van der Waals surface area contributed by atoms with Gasteiger partial charge in [-0.1, -0.05) is 0 Å². The third kappa shape index (κ3) is 4.43. The van der Waals surface area contributed by atoms with Crippen molar-refractivity contribution in [2.45, 2.75) is 25.0 Å². The summed E-state index contributed by atoms with van der Waals surface area (Å²) in [6.45, 7) is -0.379. The van der Waals surface area contributed by atoms with Gasteiger partial charge in [-0.25, -0.2) is 0 Å². The number of aliphatic hydroxyl groups excluding tert-OH is 3. The Balaban J connectivity index is 3.35. The fourth-order valence-corrected chi connectivity index (χ4v) is 0.596. The Bertz CT molecular complexity index is 93.7. The molecular weight excluding hydrogens is 136 g/mol. The topological polar surface area (TPSA) is 77.8 Å². The molecule has 10 heavy (non-hydrogen) atoms. The molecule has 0 aliphatic rings. The van der Waals surface area contributed by atoms with Gasteiger partial charge in [0, 0.05) is 12.8 Å². The highest BCUT2D eigenvalue weighted by Crippen LogP contribution is 1.99. The van der Waals surface area contributed by atoms with Gasteiger partial charge in [0.15, 0.2) is 0 Å². The molecule has 0 aliphatic heterocycles. The van der Waals surface area contributed by atoms with Crippen molar-refractivity contribution in [2.24, 2.45) is 0 Å². The molecule has 0 saturated heterocycles. The van der Waals surface area contributed by atoms with Crippen LogP contribution in [0.25, 0.3) is 0 Å². The zero-order valence-corrected chi connectivity index (χ0v) is 5.60. The molecule has 2 atom stereocenters. The number of aldehydes is 1. The number of rotatable bonds is 5. The second kappa shape index (κ2) is 5.34. The third-order valence-electron chi connectivity index (χ3n) is 1.12. The second-order valence-electron chi connectivity index (χ2n) is 2.13. The van der Waals surface area contributed by atoms with E-state index >= 15 is 0 Å². The maximum absolute atomic E-state index is 9.78. The van der Waals surface area contributed by atoms with Gasteiger partial charge in [-0.15, -0.1) is 0 Å². The lowest BCUT2D eigenvalue weighted by Gasteiger charge is -2.09. The molecular formula is C6H12O4. The van der Waals surface area contributed by atoms with Gasteiger partial charge in [-0.2, -0.15) is 0 Å². The Labute approximate surface area is 59.1 Å². The van der Waals surface area contributed by atoms with E-state index in [-0.39, 0.29) is 19.4 Å². The zero-order chi connectivity index (χ0) is 7.98. The molecule has 0 aromatic carbocycles. The Hall–Kier alpha value is -0.450. The highest BCUT2D eigenvalue weighted by atomic mass is 16.3. The van der Waals surface area contributed by atoms with Crippen molar-refractivity contribution < 1.29 is 20.1 Å². The molecule has 0 fully saturated rings. The molecule has 0 aromatic rings. The summed E-state index contributed by atoms with van der Waals surface area (Å²) in [5.41, 5.74) is 0. The van der Waals surface area contributed by atoms with Gasteiger partial charge < -0.3 is 20.1 Å². The quantitative estimate of drug-likeness (QED) is 0.422. The highest BCUT2D eigenvalue weighted by Gasteiger charge is 2.09. The summed E-state index contributed by atoms with van der Waals surface area (Å²) < 4.78 is 0. The molecule has 60 valence electrons. The molecule has 2 unspecified atom stereocenters. The zero-order valence-electron chi connectivity index (χ0n) is 5.60.